The number of ether oxygens (including phenoxy) is 2. The van der Waals surface area contributed by atoms with Gasteiger partial charge in [-0.1, -0.05) is 71.4 Å². The van der Waals surface area contributed by atoms with Gasteiger partial charge in [0.25, 0.3) is 0 Å². The fourth-order valence-corrected chi connectivity index (χ4v) is 6.58. The molecule has 272 valence electrons. The molecule has 1 aromatic rings. The predicted molar refractivity (Wildman–Crippen MR) is 186 cm³/mol. The molecule has 4 unspecified atom stereocenters. The number of nitrogens with zero attached hydrogens (tertiary/aromatic N) is 2. The second kappa shape index (κ2) is 19.8. The van der Waals surface area contributed by atoms with Gasteiger partial charge in [0.15, 0.2) is 0 Å². The Hall–Kier alpha value is -3.06. The molecule has 2 rings (SSSR count). The largest absolute Gasteiger partial charge is 0.394 e. The zero-order valence-corrected chi connectivity index (χ0v) is 30.5. The summed E-state index contributed by atoms with van der Waals surface area (Å²) in [5, 5.41) is 15.1. The maximum absolute atomic E-state index is 14.0. The highest BCUT2D eigenvalue weighted by atomic mass is 16.5. The van der Waals surface area contributed by atoms with E-state index in [0.29, 0.717) is 13.0 Å². The van der Waals surface area contributed by atoms with Crippen LogP contribution in [-0.2, 0) is 35.1 Å². The molecule has 1 aromatic carbocycles. The van der Waals surface area contributed by atoms with Gasteiger partial charge in [0.05, 0.1) is 49.3 Å². The van der Waals surface area contributed by atoms with E-state index in [1.54, 1.807) is 37.8 Å². The van der Waals surface area contributed by atoms with Gasteiger partial charge in [-0.05, 0) is 37.2 Å². The molecule has 1 fully saturated rings. The predicted octanol–water partition coefficient (Wildman–Crippen LogP) is 2.11. The molecule has 9 atom stereocenters. The molecule has 1 aliphatic rings. The van der Waals surface area contributed by atoms with Gasteiger partial charge in [-0.3, -0.25) is 19.2 Å². The number of nitrogens with two attached hydrogens (primary N) is 1. The third kappa shape index (κ3) is 11.0. The average molecular weight is 676 g/mol. The Morgan fingerprint density at radius 1 is 1.02 bits per heavy atom. The summed E-state index contributed by atoms with van der Waals surface area (Å²) >= 11 is 0. The van der Waals surface area contributed by atoms with E-state index in [1.165, 1.54) is 7.11 Å². The first-order valence-electron chi connectivity index (χ1n) is 17.3. The second-order valence-electron chi connectivity index (χ2n) is 13.7. The maximum atomic E-state index is 14.0. The van der Waals surface area contributed by atoms with Crippen LogP contribution < -0.4 is 16.4 Å². The fourth-order valence-electron chi connectivity index (χ4n) is 6.58. The zero-order valence-electron chi connectivity index (χ0n) is 30.5. The molecule has 12 heteroatoms. The van der Waals surface area contributed by atoms with Crippen molar-refractivity contribution in [2.75, 3.05) is 34.4 Å². The number of hydrogen-bond acceptors (Lipinski definition) is 8. The molecule has 48 heavy (non-hydrogen) atoms. The molecule has 12 nitrogen and oxygen atoms in total. The zero-order chi connectivity index (χ0) is 36.1. The Balaban J connectivity index is 2.25. The van der Waals surface area contributed by atoms with Crippen molar-refractivity contribution in [3.8, 4) is 0 Å². The van der Waals surface area contributed by atoms with Gasteiger partial charge in [0, 0.05) is 40.3 Å². The minimum absolute atomic E-state index is 0.0391. The number of carbonyl (C=O) groups is 4. The van der Waals surface area contributed by atoms with E-state index < -0.39 is 42.2 Å². The van der Waals surface area contributed by atoms with Gasteiger partial charge in [-0.25, -0.2) is 0 Å². The van der Waals surface area contributed by atoms with Crippen molar-refractivity contribution in [1.82, 2.24) is 20.4 Å². The van der Waals surface area contributed by atoms with E-state index in [2.05, 4.69) is 10.6 Å². The number of methoxy groups -OCH3 is 2. The van der Waals surface area contributed by atoms with Crippen molar-refractivity contribution in [3.05, 3.63) is 35.9 Å². The third-order valence-corrected chi connectivity index (χ3v) is 9.84. The summed E-state index contributed by atoms with van der Waals surface area (Å²) in [7, 11) is 4.82. The first-order chi connectivity index (χ1) is 22.7. The van der Waals surface area contributed by atoms with E-state index in [1.807, 2.05) is 58.0 Å². The number of likely N-dealkylation sites (N-methyl/N-ethyl adjacent to an activating group) is 1. The van der Waals surface area contributed by atoms with Crippen LogP contribution in [0.25, 0.3) is 0 Å². The molecule has 0 spiro atoms. The molecule has 4 amide bonds. The Labute approximate surface area is 287 Å². The quantitative estimate of drug-likeness (QED) is 0.173. The lowest BCUT2D eigenvalue weighted by Gasteiger charge is -2.40. The van der Waals surface area contributed by atoms with E-state index in [9.17, 15) is 24.3 Å². The van der Waals surface area contributed by atoms with Gasteiger partial charge >= 0.3 is 0 Å². The van der Waals surface area contributed by atoms with Crippen LogP contribution in [0.5, 0.6) is 0 Å². The Kier molecular flexibility index (Phi) is 17.0. The highest BCUT2D eigenvalue weighted by Gasteiger charge is 2.42. The van der Waals surface area contributed by atoms with Gasteiger partial charge in [0.1, 0.15) is 6.04 Å². The summed E-state index contributed by atoms with van der Waals surface area (Å²) in [6.07, 6.45) is 1.30. The molecule has 1 aliphatic heterocycles. The summed E-state index contributed by atoms with van der Waals surface area (Å²) in [5.41, 5.74) is 7.10. The van der Waals surface area contributed by atoms with Crippen molar-refractivity contribution in [2.45, 2.75) is 116 Å². The molecule has 0 saturated carbocycles. The number of carbonyl (C=O) groups excluding carboxylic acids is 4. The highest BCUT2D eigenvalue weighted by molar-refractivity contribution is 5.89. The molecule has 5 N–H and O–H groups in total. The number of aliphatic hydroxyl groups excluding tert-OH is 1. The van der Waals surface area contributed by atoms with Crippen LogP contribution >= 0.6 is 0 Å². The molecule has 1 saturated heterocycles. The van der Waals surface area contributed by atoms with Crippen LogP contribution in [0.3, 0.4) is 0 Å². The van der Waals surface area contributed by atoms with Crippen LogP contribution in [-0.4, -0.2) is 115 Å². The highest BCUT2D eigenvalue weighted by Crippen LogP contribution is 2.29. The number of aliphatic hydroxyl groups is 1. The minimum Gasteiger partial charge on any atom is -0.394 e. The van der Waals surface area contributed by atoms with Gasteiger partial charge in [-0.2, -0.15) is 0 Å². The monoisotopic (exact) mass is 675 g/mol. The second-order valence-corrected chi connectivity index (χ2v) is 13.7. The summed E-state index contributed by atoms with van der Waals surface area (Å²) in [4.78, 5) is 57.5. The average Bonchev–Trinajstić information content (AvgIpc) is 3.56. The Bertz CT molecular complexity index is 1170. The lowest BCUT2D eigenvalue weighted by Crippen LogP contribution is -2.56. The molecule has 0 bridgehead atoms. The van der Waals surface area contributed by atoms with Crippen molar-refractivity contribution in [2.24, 2.45) is 23.5 Å². The van der Waals surface area contributed by atoms with Gasteiger partial charge in [-0.15, -0.1) is 0 Å². The van der Waals surface area contributed by atoms with Crippen molar-refractivity contribution < 1.29 is 33.8 Å². The standard InChI is InChI=1S/C36H61N5O7/c1-10-23(4)32(40(7)36(46)31(37)22(2)3)29(47-8)20-30(43)41-18-14-17-28(41)33(48-9)25(6)34(44)39-27(35(45)38-24(5)21-42)19-26-15-12-11-13-16-26/h11-13,15-16,22-25,27-29,31-33,42H,10,14,17-21,37H2,1-9H3,(H,38,45)(H,39,44)/t23-,24?,25+,27?,28?,29+,31?,32-,33+/m0/s1. The van der Waals surface area contributed by atoms with Crippen LogP contribution in [0.15, 0.2) is 30.3 Å². The van der Waals surface area contributed by atoms with E-state index in [0.717, 1.165) is 18.4 Å². The van der Waals surface area contributed by atoms with Crippen LogP contribution in [0, 0.1) is 17.8 Å². The van der Waals surface area contributed by atoms with E-state index in [4.69, 9.17) is 15.2 Å². The minimum atomic E-state index is -0.876. The van der Waals surface area contributed by atoms with Crippen molar-refractivity contribution in [3.63, 3.8) is 0 Å². The molecule has 1 heterocycles. The van der Waals surface area contributed by atoms with Crippen LogP contribution in [0.2, 0.25) is 0 Å². The van der Waals surface area contributed by atoms with Crippen molar-refractivity contribution >= 4 is 23.6 Å². The molecular formula is C36H61N5O7. The Morgan fingerprint density at radius 3 is 2.21 bits per heavy atom. The van der Waals surface area contributed by atoms with Gasteiger partial charge in [0.2, 0.25) is 23.6 Å². The number of likely N-dealkylation sites (tertiary alicyclic amines) is 1. The summed E-state index contributed by atoms with van der Waals surface area (Å²) in [6, 6.07) is 6.64. The number of nitrogens with one attached hydrogen (secondary N) is 2. The first-order valence-corrected chi connectivity index (χ1v) is 17.3. The topological polar surface area (TPSA) is 164 Å². The normalized spacial score (nSPS) is 19.8. The smallest absolute Gasteiger partial charge is 0.243 e. The molecular weight excluding hydrogens is 614 g/mol. The lowest BCUT2D eigenvalue weighted by atomic mass is 9.89. The number of rotatable bonds is 19. The Morgan fingerprint density at radius 2 is 1.67 bits per heavy atom. The number of amides is 4. The summed E-state index contributed by atoms with van der Waals surface area (Å²) < 4.78 is 11.8. The summed E-state index contributed by atoms with van der Waals surface area (Å²) in [6.45, 7) is 11.6. The number of hydrogen-bond donors (Lipinski definition) is 4. The molecule has 0 aliphatic carbocycles. The third-order valence-electron chi connectivity index (χ3n) is 9.84. The van der Waals surface area contributed by atoms with Crippen LogP contribution in [0.4, 0.5) is 0 Å². The van der Waals surface area contributed by atoms with E-state index >= 15 is 0 Å². The van der Waals surface area contributed by atoms with Crippen LogP contribution in [0.1, 0.15) is 72.8 Å². The first kappa shape index (κ1) is 41.1. The van der Waals surface area contributed by atoms with Gasteiger partial charge < -0.3 is 40.7 Å². The molecule has 0 radical (unpaired) electrons. The maximum Gasteiger partial charge on any atom is 0.243 e. The fraction of sp³-hybridized carbons (Fsp3) is 0.722. The van der Waals surface area contributed by atoms with Crippen molar-refractivity contribution in [1.29, 1.82) is 0 Å². The SMILES string of the molecule is CC[C@H](C)[C@@H]([C@@H](CC(=O)N1CCCC1[C@H](OC)[C@@H](C)C(=O)NC(Cc1ccccc1)C(=O)NC(C)CO)OC)N(C)C(=O)C(N)C(C)C. The number of benzene rings is 1. The lowest BCUT2D eigenvalue weighted by molar-refractivity contribution is -0.146. The summed E-state index contributed by atoms with van der Waals surface area (Å²) in [5.74, 6) is -1.78. The van der Waals surface area contributed by atoms with E-state index in [-0.39, 0.29) is 61.1 Å². The molecule has 0 aromatic heterocycles.